The lowest BCUT2D eigenvalue weighted by molar-refractivity contribution is -0.119. The highest BCUT2D eigenvalue weighted by molar-refractivity contribution is 7.89. The summed E-state index contributed by atoms with van der Waals surface area (Å²) in [6, 6.07) is 4.85. The van der Waals surface area contributed by atoms with Crippen molar-refractivity contribution in [1.82, 2.24) is 4.72 Å². The van der Waals surface area contributed by atoms with E-state index in [0.717, 1.165) is 0 Å². The molecule has 1 amide bonds. The minimum Gasteiger partial charge on any atom is -0.384 e. The van der Waals surface area contributed by atoms with Crippen LogP contribution in [0.3, 0.4) is 0 Å². The molecule has 0 saturated carbocycles. The van der Waals surface area contributed by atoms with E-state index in [-0.39, 0.29) is 11.5 Å². The van der Waals surface area contributed by atoms with Crippen molar-refractivity contribution in [2.24, 2.45) is 5.73 Å². The average molecular weight is 282 g/mol. The molecule has 1 aromatic rings. The Hall–Kier alpha value is -1.88. The van der Waals surface area contributed by atoms with Crippen LogP contribution in [0.5, 0.6) is 0 Å². The van der Waals surface area contributed by atoms with Gasteiger partial charge in [-0.25, -0.2) is 8.42 Å². The number of aliphatic hydroxyl groups excluding tert-OH is 1. The van der Waals surface area contributed by atoms with Gasteiger partial charge in [-0.3, -0.25) is 4.79 Å². The summed E-state index contributed by atoms with van der Waals surface area (Å²) in [7, 11) is -3.83. The molecule has 1 aromatic carbocycles. The van der Waals surface area contributed by atoms with Gasteiger partial charge in [0.1, 0.15) is 6.61 Å². The third-order valence-corrected chi connectivity index (χ3v) is 3.75. The first-order valence-corrected chi connectivity index (χ1v) is 6.86. The lowest BCUT2D eigenvalue weighted by Crippen LogP contribution is -2.42. The molecular formula is C12H14N2O4S. The zero-order valence-electron chi connectivity index (χ0n) is 10.3. The van der Waals surface area contributed by atoms with Crippen LogP contribution >= 0.6 is 0 Å². The second-order valence-electron chi connectivity index (χ2n) is 3.73. The highest BCUT2D eigenvalue weighted by Gasteiger charge is 2.20. The van der Waals surface area contributed by atoms with E-state index in [1.165, 1.54) is 25.1 Å². The van der Waals surface area contributed by atoms with Crippen LogP contribution in [-0.4, -0.2) is 32.1 Å². The van der Waals surface area contributed by atoms with Crippen molar-refractivity contribution in [1.29, 1.82) is 0 Å². The largest absolute Gasteiger partial charge is 0.384 e. The third kappa shape index (κ3) is 4.37. The molecule has 102 valence electrons. The van der Waals surface area contributed by atoms with E-state index < -0.39 is 22.0 Å². The van der Waals surface area contributed by atoms with Gasteiger partial charge in [0.25, 0.3) is 0 Å². The molecule has 19 heavy (non-hydrogen) atoms. The summed E-state index contributed by atoms with van der Waals surface area (Å²) in [4.78, 5) is 10.8. The number of sulfonamides is 1. The van der Waals surface area contributed by atoms with E-state index in [9.17, 15) is 13.2 Å². The summed E-state index contributed by atoms with van der Waals surface area (Å²) in [6.45, 7) is 1.04. The fourth-order valence-electron chi connectivity index (χ4n) is 1.24. The molecule has 0 spiro atoms. The number of nitrogens with one attached hydrogen (secondary N) is 1. The number of amides is 1. The smallest absolute Gasteiger partial charge is 0.241 e. The Morgan fingerprint density at radius 1 is 1.53 bits per heavy atom. The summed E-state index contributed by atoms with van der Waals surface area (Å²) in [5.74, 6) is 4.25. The Morgan fingerprint density at radius 2 is 2.21 bits per heavy atom. The molecule has 0 aliphatic heterocycles. The number of rotatable bonds is 4. The molecule has 7 heteroatoms. The second-order valence-corrected chi connectivity index (χ2v) is 5.45. The van der Waals surface area contributed by atoms with E-state index in [0.29, 0.717) is 5.56 Å². The summed E-state index contributed by atoms with van der Waals surface area (Å²) in [6.07, 6.45) is 0. The van der Waals surface area contributed by atoms with Gasteiger partial charge in [0.15, 0.2) is 0 Å². The maximum Gasteiger partial charge on any atom is 0.241 e. The second kappa shape index (κ2) is 6.33. The number of hydrogen-bond acceptors (Lipinski definition) is 4. The van der Waals surface area contributed by atoms with Gasteiger partial charge in [0.2, 0.25) is 15.9 Å². The predicted octanol–water partition coefficient (Wildman–Crippen LogP) is -0.818. The molecule has 1 unspecified atom stereocenters. The van der Waals surface area contributed by atoms with Crippen molar-refractivity contribution < 1.29 is 18.3 Å². The van der Waals surface area contributed by atoms with Gasteiger partial charge in [-0.05, 0) is 25.1 Å². The summed E-state index contributed by atoms with van der Waals surface area (Å²) in [5.41, 5.74) is 5.45. The molecule has 1 atom stereocenters. The first-order chi connectivity index (χ1) is 8.86. The van der Waals surface area contributed by atoms with Crippen LogP contribution < -0.4 is 10.5 Å². The lowest BCUT2D eigenvalue weighted by atomic mass is 10.2. The molecule has 0 heterocycles. The van der Waals surface area contributed by atoms with Crippen LogP contribution in [0.4, 0.5) is 0 Å². The fraction of sp³-hybridized carbons (Fsp3) is 0.250. The predicted molar refractivity (Wildman–Crippen MR) is 69.4 cm³/mol. The van der Waals surface area contributed by atoms with E-state index >= 15 is 0 Å². The molecule has 0 fully saturated rings. The Balaban J connectivity index is 3.05. The standard InChI is InChI=1S/C12H14N2O4S/c1-9(12(13)16)14-19(17,18)11-6-2-4-10(8-11)5-3-7-15/h2,4,6,8-9,14-15H,7H2,1H3,(H2,13,16). The summed E-state index contributed by atoms with van der Waals surface area (Å²) >= 11 is 0. The van der Waals surface area contributed by atoms with Gasteiger partial charge < -0.3 is 10.8 Å². The zero-order valence-corrected chi connectivity index (χ0v) is 11.1. The highest BCUT2D eigenvalue weighted by Crippen LogP contribution is 2.11. The van der Waals surface area contributed by atoms with Crippen LogP contribution in [0.25, 0.3) is 0 Å². The Morgan fingerprint density at radius 3 is 2.79 bits per heavy atom. The quantitative estimate of drug-likeness (QED) is 0.627. The number of carbonyl (C=O) groups excluding carboxylic acids is 1. The first-order valence-electron chi connectivity index (χ1n) is 5.38. The maximum absolute atomic E-state index is 12.0. The number of hydrogen-bond donors (Lipinski definition) is 3. The minimum absolute atomic E-state index is 0.0228. The van der Waals surface area contributed by atoms with Gasteiger partial charge in [-0.2, -0.15) is 4.72 Å². The minimum atomic E-state index is -3.83. The van der Waals surface area contributed by atoms with Crippen molar-refractivity contribution in [2.45, 2.75) is 17.9 Å². The van der Waals surface area contributed by atoms with Gasteiger partial charge in [0, 0.05) is 5.56 Å². The zero-order chi connectivity index (χ0) is 14.5. The molecular weight excluding hydrogens is 268 g/mol. The fourth-order valence-corrected chi connectivity index (χ4v) is 2.50. The van der Waals surface area contributed by atoms with Crippen molar-refractivity contribution >= 4 is 15.9 Å². The summed E-state index contributed by atoms with van der Waals surface area (Å²) in [5, 5.41) is 8.58. The van der Waals surface area contributed by atoms with Crippen molar-refractivity contribution in [2.75, 3.05) is 6.61 Å². The van der Waals surface area contributed by atoms with Gasteiger partial charge in [-0.1, -0.05) is 17.9 Å². The van der Waals surface area contributed by atoms with E-state index in [1.54, 1.807) is 6.07 Å². The van der Waals surface area contributed by atoms with E-state index in [1.807, 2.05) is 0 Å². The van der Waals surface area contributed by atoms with Gasteiger partial charge in [-0.15, -0.1) is 0 Å². The number of aliphatic hydroxyl groups is 1. The van der Waals surface area contributed by atoms with Crippen LogP contribution in [0.2, 0.25) is 0 Å². The Bertz CT molecular complexity index is 629. The number of carbonyl (C=O) groups is 1. The van der Waals surface area contributed by atoms with Crippen molar-refractivity contribution in [3.05, 3.63) is 29.8 Å². The van der Waals surface area contributed by atoms with E-state index in [4.69, 9.17) is 10.8 Å². The molecule has 4 N–H and O–H groups in total. The van der Waals surface area contributed by atoms with Crippen molar-refractivity contribution in [3.63, 3.8) is 0 Å². The number of benzene rings is 1. The average Bonchev–Trinajstić information content (AvgIpc) is 2.36. The molecule has 0 aliphatic carbocycles. The maximum atomic E-state index is 12.0. The first kappa shape index (κ1) is 15.2. The van der Waals surface area contributed by atoms with Crippen LogP contribution in [0.15, 0.2) is 29.2 Å². The third-order valence-electron chi connectivity index (χ3n) is 2.21. The Kier molecular flexibility index (Phi) is 5.06. The van der Waals surface area contributed by atoms with Crippen LogP contribution in [0, 0.1) is 11.8 Å². The molecule has 1 rings (SSSR count). The lowest BCUT2D eigenvalue weighted by Gasteiger charge is -2.11. The molecule has 0 radical (unpaired) electrons. The van der Waals surface area contributed by atoms with E-state index in [2.05, 4.69) is 16.6 Å². The van der Waals surface area contributed by atoms with Crippen molar-refractivity contribution in [3.8, 4) is 11.8 Å². The molecule has 6 nitrogen and oxygen atoms in total. The molecule has 0 aliphatic rings. The summed E-state index contributed by atoms with van der Waals surface area (Å²) < 4.78 is 26.1. The van der Waals surface area contributed by atoms with Crippen LogP contribution in [0.1, 0.15) is 12.5 Å². The van der Waals surface area contributed by atoms with Gasteiger partial charge >= 0.3 is 0 Å². The van der Waals surface area contributed by atoms with Crippen LogP contribution in [-0.2, 0) is 14.8 Å². The monoisotopic (exact) mass is 282 g/mol. The van der Waals surface area contributed by atoms with Gasteiger partial charge in [0.05, 0.1) is 10.9 Å². The molecule has 0 aromatic heterocycles. The normalized spacial score (nSPS) is 12.3. The highest BCUT2D eigenvalue weighted by atomic mass is 32.2. The number of primary amides is 1. The SMILES string of the molecule is CC(NS(=O)(=O)c1cccc(C#CCO)c1)C(N)=O. The Labute approximate surface area is 111 Å². The molecule has 0 bridgehead atoms. The number of nitrogens with two attached hydrogens (primary N) is 1. The molecule has 0 saturated heterocycles. The topological polar surface area (TPSA) is 109 Å².